The SMILES string of the molecule is CC#CC.[C-]#[O+].[C-]#[O+].[C-]#[O+].[C-]#[O+].[C-]#[O+].[C-]#[O+].[Co].[Co]. The Morgan fingerprint density at radius 1 is 0.444 bits per heavy atom. The van der Waals surface area contributed by atoms with E-state index in [-0.39, 0.29) is 33.6 Å². The van der Waals surface area contributed by atoms with Gasteiger partial charge in [0.2, 0.25) is 0 Å². The average Bonchev–Trinajstić information content (AvgIpc) is 2.51. The minimum atomic E-state index is 0. The van der Waals surface area contributed by atoms with E-state index in [2.05, 4.69) is 51.7 Å². The van der Waals surface area contributed by atoms with Gasteiger partial charge in [0.1, 0.15) is 0 Å². The van der Waals surface area contributed by atoms with E-state index in [4.69, 9.17) is 27.9 Å². The average molecular weight is 340 g/mol. The molecule has 0 amide bonds. The second-order valence-corrected chi connectivity index (χ2v) is 0.500. The van der Waals surface area contributed by atoms with E-state index in [0.29, 0.717) is 0 Å². The molecular weight excluding hydrogens is 334 g/mol. The van der Waals surface area contributed by atoms with Crippen molar-refractivity contribution in [3.05, 3.63) is 39.9 Å². The van der Waals surface area contributed by atoms with Crippen LogP contribution in [0.3, 0.4) is 0 Å². The van der Waals surface area contributed by atoms with Gasteiger partial charge in [-0.25, -0.2) is 0 Å². The summed E-state index contributed by atoms with van der Waals surface area (Å²) in [4.78, 5) is 0. The van der Waals surface area contributed by atoms with E-state index in [9.17, 15) is 0 Å². The quantitative estimate of drug-likeness (QED) is 0.352. The monoisotopic (exact) mass is 340 g/mol. The molecule has 0 fully saturated rings. The van der Waals surface area contributed by atoms with Crippen LogP contribution in [0, 0.1) is 51.7 Å². The van der Waals surface area contributed by atoms with Gasteiger partial charge in [0, 0.05) is 33.6 Å². The summed E-state index contributed by atoms with van der Waals surface area (Å²) in [7, 11) is 0. The predicted octanol–water partition coefficient (Wildman–Crippen LogP) is 0.800. The molecule has 2 radical (unpaired) electrons. The van der Waals surface area contributed by atoms with E-state index in [0.717, 1.165) is 0 Å². The van der Waals surface area contributed by atoms with E-state index >= 15 is 0 Å². The molecule has 0 aromatic rings. The molecule has 0 unspecified atom stereocenters. The summed E-state index contributed by atoms with van der Waals surface area (Å²) in [5, 5.41) is 0. The molecule has 0 aliphatic heterocycles. The van der Waals surface area contributed by atoms with Gasteiger partial charge in [0.25, 0.3) is 0 Å². The Morgan fingerprint density at radius 3 is 0.500 bits per heavy atom. The topological polar surface area (TPSA) is 119 Å². The van der Waals surface area contributed by atoms with Crippen molar-refractivity contribution in [2.24, 2.45) is 0 Å². The molecule has 8 heteroatoms. The third kappa shape index (κ3) is 17500000. The molecule has 0 spiro atoms. The van der Waals surface area contributed by atoms with Gasteiger partial charge in [0.15, 0.2) is 0 Å². The fraction of sp³-hybridized carbons (Fsp3) is 0.200. The van der Waals surface area contributed by atoms with E-state index in [1.807, 2.05) is 13.8 Å². The fourth-order valence-electron chi connectivity index (χ4n) is 0. The molecule has 0 N–H and O–H groups in total. The van der Waals surface area contributed by atoms with E-state index < -0.39 is 0 Å². The van der Waals surface area contributed by atoms with Gasteiger partial charge in [0.05, 0.1) is 0 Å². The van der Waals surface area contributed by atoms with Crippen LogP contribution in [0.4, 0.5) is 0 Å². The first-order valence-corrected chi connectivity index (χ1v) is 2.47. The van der Waals surface area contributed by atoms with Gasteiger partial charge in [-0.05, 0) is 13.8 Å². The summed E-state index contributed by atoms with van der Waals surface area (Å²) >= 11 is 0. The van der Waals surface area contributed by atoms with Crippen molar-refractivity contribution in [3.8, 4) is 11.8 Å². The van der Waals surface area contributed by atoms with E-state index in [1.54, 1.807) is 0 Å². The van der Waals surface area contributed by atoms with Crippen LogP contribution in [0.25, 0.3) is 0 Å². The summed E-state index contributed by atoms with van der Waals surface area (Å²) in [6, 6.07) is 0. The fourth-order valence-corrected chi connectivity index (χ4v) is 0. The molecule has 0 saturated heterocycles. The minimum absolute atomic E-state index is 0. The van der Waals surface area contributed by atoms with Crippen LogP contribution in [0.1, 0.15) is 13.8 Å². The standard InChI is InChI=1S/C4H6.6CO.2Co/c1-3-4-2;6*1-2;;/h1-2H3;;;;;;;;. The molecule has 0 saturated carbocycles. The second kappa shape index (κ2) is 3520. The maximum absolute atomic E-state index is 7.50. The van der Waals surface area contributed by atoms with Crippen molar-refractivity contribution < 1.29 is 61.5 Å². The molecule has 18 heavy (non-hydrogen) atoms. The first kappa shape index (κ1) is 67.9. The molecule has 0 aromatic heterocycles. The Bertz CT molecular complexity index is 186. The zero-order valence-electron chi connectivity index (χ0n) is 9.12. The Morgan fingerprint density at radius 2 is 0.500 bits per heavy atom. The number of rotatable bonds is 0. The molecule has 0 aliphatic rings. The number of hydrogen-bond donors (Lipinski definition) is 0. The van der Waals surface area contributed by atoms with Gasteiger partial charge in [-0.15, -0.1) is 11.8 Å². The molecule has 0 atom stereocenters. The summed E-state index contributed by atoms with van der Waals surface area (Å²) in [6.07, 6.45) is 0. The Balaban J connectivity index is -0.00000000758. The van der Waals surface area contributed by atoms with Crippen molar-refractivity contribution in [2.75, 3.05) is 0 Å². The molecule has 6 nitrogen and oxygen atoms in total. The van der Waals surface area contributed by atoms with Crippen LogP contribution in [-0.2, 0) is 61.5 Å². The van der Waals surface area contributed by atoms with Crippen LogP contribution < -0.4 is 0 Å². The van der Waals surface area contributed by atoms with Crippen molar-refractivity contribution in [2.45, 2.75) is 13.8 Å². The van der Waals surface area contributed by atoms with Crippen LogP contribution in [0.5, 0.6) is 0 Å². The van der Waals surface area contributed by atoms with Crippen molar-refractivity contribution in [1.29, 1.82) is 0 Å². The summed E-state index contributed by atoms with van der Waals surface area (Å²) in [5.41, 5.74) is 0. The van der Waals surface area contributed by atoms with Gasteiger partial charge >= 0.3 is 67.8 Å². The van der Waals surface area contributed by atoms with Crippen LogP contribution in [0.15, 0.2) is 0 Å². The first-order chi connectivity index (χ1) is 7.91. The van der Waals surface area contributed by atoms with Crippen LogP contribution in [0.2, 0.25) is 0 Å². The molecule has 0 aliphatic carbocycles. The molecular formula is C10H6Co2O6. The van der Waals surface area contributed by atoms with Gasteiger partial charge in [-0.1, -0.05) is 0 Å². The molecule has 0 aromatic carbocycles. The summed E-state index contributed by atoms with van der Waals surface area (Å²) in [5.74, 6) is 5.36. The van der Waals surface area contributed by atoms with Crippen molar-refractivity contribution in [1.82, 2.24) is 0 Å². The summed E-state index contributed by atoms with van der Waals surface area (Å²) in [6.45, 7) is 30.6. The third-order valence-electron chi connectivity index (χ3n) is 0.250. The van der Waals surface area contributed by atoms with Crippen molar-refractivity contribution in [3.63, 3.8) is 0 Å². The van der Waals surface area contributed by atoms with Crippen LogP contribution >= 0.6 is 0 Å². The summed E-state index contributed by atoms with van der Waals surface area (Å²) < 4.78 is 45.0. The van der Waals surface area contributed by atoms with E-state index in [1.165, 1.54) is 0 Å². The zero-order chi connectivity index (χ0) is 15.4. The maximum atomic E-state index is 7.50. The van der Waals surface area contributed by atoms with Crippen LogP contribution in [-0.4, -0.2) is 0 Å². The largest absolute Gasteiger partial charge is 0 e. The predicted molar refractivity (Wildman–Crippen MR) is 42.7 cm³/mol. The smallest absolute Gasteiger partial charge is 0 e. The van der Waals surface area contributed by atoms with Gasteiger partial charge < -0.3 is 0 Å². The normalized spacial score (nSPS) is 1.44. The second-order valence-electron chi connectivity index (χ2n) is 0.500. The Hall–Kier alpha value is -0.987. The zero-order valence-corrected chi connectivity index (χ0v) is 11.2. The Labute approximate surface area is 127 Å². The molecule has 0 bridgehead atoms. The van der Waals surface area contributed by atoms with Gasteiger partial charge in [-0.3, -0.25) is 0 Å². The molecule has 0 heterocycles. The molecule has 0 rings (SSSR count). The maximum Gasteiger partial charge on any atom is 0 e. The third-order valence-corrected chi connectivity index (χ3v) is 0.250. The van der Waals surface area contributed by atoms with Gasteiger partial charge in [-0.2, -0.15) is 0 Å². The minimum Gasteiger partial charge on any atom is 0 e. The Kier molecular flexibility index (Phi) is 13300. The van der Waals surface area contributed by atoms with Crippen molar-refractivity contribution >= 4 is 0 Å². The molecule has 100 valence electrons. The first-order valence-electron chi connectivity index (χ1n) is 2.47. The number of hydrogen-bond acceptors (Lipinski definition) is 0.